The van der Waals surface area contributed by atoms with Crippen LogP contribution in [0.5, 0.6) is 0 Å². The first-order chi connectivity index (χ1) is 14.8. The maximum absolute atomic E-state index is 13.7. The second-order valence-electron chi connectivity index (χ2n) is 8.43. The third-order valence-electron chi connectivity index (χ3n) is 6.44. The molecule has 1 spiro atoms. The van der Waals surface area contributed by atoms with Gasteiger partial charge < -0.3 is 9.80 Å². The topological polar surface area (TPSA) is 79.5 Å². The van der Waals surface area contributed by atoms with Crippen molar-refractivity contribution in [2.24, 2.45) is 11.3 Å². The van der Waals surface area contributed by atoms with E-state index in [1.54, 1.807) is 23.8 Å². The Bertz CT molecular complexity index is 1030. The molecule has 4 rings (SSSR count). The summed E-state index contributed by atoms with van der Waals surface area (Å²) < 4.78 is 31.4. The Labute approximate surface area is 178 Å². The number of aromatic nitrogens is 2. The van der Waals surface area contributed by atoms with Crippen LogP contribution in [0.2, 0.25) is 0 Å². The van der Waals surface area contributed by atoms with Gasteiger partial charge in [0.05, 0.1) is 6.54 Å². The summed E-state index contributed by atoms with van der Waals surface area (Å²) in [5, 5.41) is 7.56. The fourth-order valence-corrected chi connectivity index (χ4v) is 4.29. The summed E-state index contributed by atoms with van der Waals surface area (Å²) >= 11 is 0. The number of halogens is 2. The summed E-state index contributed by atoms with van der Waals surface area (Å²) in [6, 6.07) is 3.24. The van der Waals surface area contributed by atoms with E-state index in [2.05, 4.69) is 14.9 Å². The molecule has 1 saturated carbocycles. The van der Waals surface area contributed by atoms with Crippen molar-refractivity contribution in [1.82, 2.24) is 20.1 Å². The molecule has 2 aromatic rings. The lowest BCUT2D eigenvalue weighted by molar-refractivity contribution is -0.133. The summed E-state index contributed by atoms with van der Waals surface area (Å²) in [6.45, 7) is 3.24. The molecule has 31 heavy (non-hydrogen) atoms. The number of amides is 2. The van der Waals surface area contributed by atoms with Crippen LogP contribution < -0.4 is 0 Å². The van der Waals surface area contributed by atoms with Crippen LogP contribution in [0.4, 0.5) is 8.78 Å². The van der Waals surface area contributed by atoms with Crippen LogP contribution in [0, 0.1) is 29.9 Å². The molecular weight excluding hydrogens is 406 g/mol. The van der Waals surface area contributed by atoms with Crippen molar-refractivity contribution in [2.45, 2.75) is 32.7 Å². The first-order valence-corrected chi connectivity index (χ1v) is 10.2. The fourth-order valence-electron chi connectivity index (χ4n) is 4.29. The maximum atomic E-state index is 13.7. The molecule has 9 heteroatoms. The smallest absolute Gasteiger partial charge is 0.246 e. The molecule has 0 radical (unpaired) electrons. The molecule has 164 valence electrons. The number of nitrogens with zero attached hydrogens (tertiary/aromatic N) is 4. The highest BCUT2D eigenvalue weighted by molar-refractivity contribution is 5.92. The van der Waals surface area contributed by atoms with Crippen LogP contribution >= 0.6 is 0 Å². The molecule has 2 aliphatic rings. The number of piperidine rings is 1. The third kappa shape index (κ3) is 4.35. The Hall–Kier alpha value is -3.10. The number of benzene rings is 1. The van der Waals surface area contributed by atoms with Crippen LogP contribution in [0.25, 0.3) is 6.08 Å². The molecule has 0 unspecified atom stereocenters. The van der Waals surface area contributed by atoms with Gasteiger partial charge >= 0.3 is 0 Å². The van der Waals surface area contributed by atoms with Crippen LogP contribution in [0.15, 0.2) is 28.9 Å². The molecule has 1 atom stereocenters. The van der Waals surface area contributed by atoms with Crippen molar-refractivity contribution in [2.75, 3.05) is 20.1 Å². The van der Waals surface area contributed by atoms with Crippen molar-refractivity contribution < 1.29 is 23.0 Å². The summed E-state index contributed by atoms with van der Waals surface area (Å²) in [5.74, 6) is -1.54. The van der Waals surface area contributed by atoms with E-state index in [1.165, 1.54) is 18.2 Å². The highest BCUT2D eigenvalue weighted by Crippen LogP contribution is 2.60. The Kier molecular flexibility index (Phi) is 5.60. The molecule has 2 heterocycles. The second kappa shape index (κ2) is 8.20. The Morgan fingerprint density at radius 1 is 1.29 bits per heavy atom. The van der Waals surface area contributed by atoms with Gasteiger partial charge in [-0.05, 0) is 49.8 Å². The predicted molar refractivity (Wildman–Crippen MR) is 107 cm³/mol. The van der Waals surface area contributed by atoms with Gasteiger partial charge in [-0.15, -0.1) is 0 Å². The van der Waals surface area contributed by atoms with E-state index in [0.29, 0.717) is 31.0 Å². The number of likely N-dealkylation sites (tertiary alicyclic amines) is 1. The van der Waals surface area contributed by atoms with Crippen LogP contribution in [0.3, 0.4) is 0 Å². The standard InChI is InChI=1S/C22H24F2N4O3/c1-14-19(26-31-25-14)13-27(2)21(30)17-12-22(17)7-9-28(10-8-22)20(29)6-4-15-3-5-16(23)11-18(15)24/h3-6,11,17H,7-10,12-13H2,1-2H3/b6-4+/t17-/m0/s1. The minimum atomic E-state index is -0.707. The zero-order valence-corrected chi connectivity index (χ0v) is 17.5. The number of carbonyl (C=O) groups excluding carboxylic acids is 2. The van der Waals surface area contributed by atoms with E-state index < -0.39 is 11.6 Å². The molecule has 1 aliphatic carbocycles. The molecule has 2 fully saturated rings. The van der Waals surface area contributed by atoms with E-state index >= 15 is 0 Å². The molecule has 0 N–H and O–H groups in total. The van der Waals surface area contributed by atoms with Crippen molar-refractivity contribution in [1.29, 1.82) is 0 Å². The summed E-state index contributed by atoms with van der Waals surface area (Å²) in [6.07, 6.45) is 5.01. The number of rotatable bonds is 5. The van der Waals surface area contributed by atoms with Gasteiger partial charge in [-0.25, -0.2) is 13.4 Å². The Balaban J connectivity index is 1.29. The summed E-state index contributed by atoms with van der Waals surface area (Å²) in [7, 11) is 1.75. The number of carbonyl (C=O) groups is 2. The quantitative estimate of drug-likeness (QED) is 0.682. The van der Waals surface area contributed by atoms with Gasteiger partial charge in [0.25, 0.3) is 0 Å². The van der Waals surface area contributed by atoms with Crippen LogP contribution in [0.1, 0.15) is 36.2 Å². The molecular formula is C22H24F2N4O3. The van der Waals surface area contributed by atoms with Gasteiger partial charge in [0.1, 0.15) is 23.0 Å². The number of hydrogen-bond donors (Lipinski definition) is 0. The molecule has 0 bridgehead atoms. The van der Waals surface area contributed by atoms with Gasteiger partial charge in [0.15, 0.2) is 0 Å². The van der Waals surface area contributed by atoms with E-state index in [9.17, 15) is 18.4 Å². The first kappa shape index (κ1) is 21.1. The van der Waals surface area contributed by atoms with Gasteiger partial charge in [0, 0.05) is 43.8 Å². The predicted octanol–water partition coefficient (Wildman–Crippen LogP) is 2.96. The first-order valence-electron chi connectivity index (χ1n) is 10.2. The van der Waals surface area contributed by atoms with Gasteiger partial charge in [-0.2, -0.15) is 0 Å². The zero-order valence-electron chi connectivity index (χ0n) is 17.5. The second-order valence-corrected chi connectivity index (χ2v) is 8.43. The average molecular weight is 430 g/mol. The molecule has 7 nitrogen and oxygen atoms in total. The van der Waals surface area contributed by atoms with Crippen molar-refractivity contribution in [3.8, 4) is 0 Å². The normalized spacial score (nSPS) is 19.7. The van der Waals surface area contributed by atoms with E-state index in [4.69, 9.17) is 0 Å². The highest BCUT2D eigenvalue weighted by Gasteiger charge is 2.59. The lowest BCUT2D eigenvalue weighted by atomic mass is 9.90. The molecule has 1 aliphatic heterocycles. The lowest BCUT2D eigenvalue weighted by Crippen LogP contribution is -2.40. The summed E-state index contributed by atoms with van der Waals surface area (Å²) in [5.41, 5.74) is 1.43. The Morgan fingerprint density at radius 3 is 2.68 bits per heavy atom. The van der Waals surface area contributed by atoms with Crippen molar-refractivity contribution >= 4 is 17.9 Å². The third-order valence-corrected chi connectivity index (χ3v) is 6.44. The van der Waals surface area contributed by atoms with Crippen molar-refractivity contribution in [3.63, 3.8) is 0 Å². The van der Waals surface area contributed by atoms with E-state index in [1.807, 2.05) is 0 Å². The lowest BCUT2D eigenvalue weighted by Gasteiger charge is -2.32. The minimum absolute atomic E-state index is 0.0428. The number of aryl methyl sites for hydroxylation is 1. The van der Waals surface area contributed by atoms with Crippen LogP contribution in [-0.2, 0) is 16.1 Å². The molecule has 2 amide bonds. The van der Waals surface area contributed by atoms with Gasteiger partial charge in [-0.1, -0.05) is 10.3 Å². The Morgan fingerprint density at radius 2 is 2.03 bits per heavy atom. The largest absolute Gasteiger partial charge is 0.339 e. The molecule has 1 aromatic heterocycles. The summed E-state index contributed by atoms with van der Waals surface area (Å²) in [4.78, 5) is 28.7. The highest BCUT2D eigenvalue weighted by atomic mass is 19.1. The van der Waals surface area contributed by atoms with E-state index in [0.717, 1.165) is 31.4 Å². The van der Waals surface area contributed by atoms with Gasteiger partial charge in [-0.3, -0.25) is 9.59 Å². The zero-order chi connectivity index (χ0) is 22.2. The van der Waals surface area contributed by atoms with E-state index in [-0.39, 0.29) is 28.7 Å². The molecule has 1 saturated heterocycles. The minimum Gasteiger partial charge on any atom is -0.339 e. The maximum Gasteiger partial charge on any atom is 0.246 e. The van der Waals surface area contributed by atoms with Crippen molar-refractivity contribution in [3.05, 3.63) is 52.9 Å². The average Bonchev–Trinajstić information content (AvgIpc) is 3.29. The molecule has 1 aromatic carbocycles. The fraction of sp³-hybridized carbons (Fsp3) is 0.455. The monoisotopic (exact) mass is 430 g/mol. The SMILES string of the molecule is Cc1nonc1CN(C)C(=O)[C@@H]1CC12CCN(C(=O)/C=C/c1ccc(F)cc1F)CC2. The van der Waals surface area contributed by atoms with Crippen LogP contribution in [-0.4, -0.2) is 52.1 Å². The number of hydrogen-bond acceptors (Lipinski definition) is 5. The van der Waals surface area contributed by atoms with Gasteiger partial charge in [0.2, 0.25) is 11.8 Å².